The Balaban J connectivity index is 1.86. The van der Waals surface area contributed by atoms with E-state index in [0.717, 1.165) is 0 Å². The molecule has 2 heterocycles. The maximum atomic E-state index is 12.0. The highest BCUT2D eigenvalue weighted by atomic mass is 35.5. The van der Waals surface area contributed by atoms with E-state index in [2.05, 4.69) is 20.6 Å². The summed E-state index contributed by atoms with van der Waals surface area (Å²) in [6.45, 7) is -0.0749. The van der Waals surface area contributed by atoms with E-state index in [1.165, 1.54) is 24.8 Å². The predicted octanol–water partition coefficient (Wildman–Crippen LogP) is 1.71. The van der Waals surface area contributed by atoms with Crippen LogP contribution in [0.15, 0.2) is 30.9 Å². The highest BCUT2D eigenvalue weighted by Crippen LogP contribution is 2.36. The number of fused-ring (bicyclic) bond motifs is 1. The van der Waals surface area contributed by atoms with Crippen molar-refractivity contribution in [2.45, 2.75) is 0 Å². The first-order valence-corrected chi connectivity index (χ1v) is 6.34. The molecule has 0 atom stereocenters. The molecule has 0 fully saturated rings. The Bertz CT molecular complexity index is 721. The zero-order valence-electron chi connectivity index (χ0n) is 10.6. The van der Waals surface area contributed by atoms with Crippen molar-refractivity contribution < 1.29 is 14.3 Å². The summed E-state index contributed by atoms with van der Waals surface area (Å²) in [7, 11) is 0. The molecule has 0 bridgehead atoms. The average Bonchev–Trinajstić information content (AvgIpc) is 2.49. The summed E-state index contributed by atoms with van der Waals surface area (Å²) in [5.41, 5.74) is 1.15. The number of ether oxygens (including phenoxy) is 1. The van der Waals surface area contributed by atoms with Crippen LogP contribution in [0.5, 0.6) is 5.75 Å². The fourth-order valence-corrected chi connectivity index (χ4v) is 2.02. The van der Waals surface area contributed by atoms with Crippen LogP contribution in [0.4, 0.5) is 11.4 Å². The number of nitrogens with one attached hydrogen (secondary N) is 2. The SMILES string of the molecule is O=C1COc2cc(NC(=O)c3cncnc3)c(Cl)cc2N1. The van der Waals surface area contributed by atoms with Crippen LogP contribution in [0.3, 0.4) is 0 Å². The topological polar surface area (TPSA) is 93.2 Å². The molecular formula is C13H9ClN4O3. The highest BCUT2D eigenvalue weighted by Gasteiger charge is 2.19. The Labute approximate surface area is 124 Å². The van der Waals surface area contributed by atoms with Gasteiger partial charge in [-0.05, 0) is 6.07 Å². The molecule has 2 aromatic rings. The molecule has 8 heteroatoms. The molecule has 0 saturated carbocycles. The monoisotopic (exact) mass is 304 g/mol. The van der Waals surface area contributed by atoms with Crippen molar-refractivity contribution in [3.8, 4) is 5.75 Å². The summed E-state index contributed by atoms with van der Waals surface area (Å²) in [5.74, 6) is -0.201. The number of aromatic nitrogens is 2. The molecule has 3 rings (SSSR count). The van der Waals surface area contributed by atoms with Crippen molar-refractivity contribution in [1.29, 1.82) is 0 Å². The third-order valence-corrected chi connectivity index (χ3v) is 3.09. The molecule has 1 aromatic carbocycles. The fraction of sp³-hybridized carbons (Fsp3) is 0.0769. The fourth-order valence-electron chi connectivity index (χ4n) is 1.81. The van der Waals surface area contributed by atoms with Crippen LogP contribution < -0.4 is 15.4 Å². The number of amides is 2. The predicted molar refractivity (Wildman–Crippen MR) is 75.6 cm³/mol. The van der Waals surface area contributed by atoms with Gasteiger partial charge in [0, 0.05) is 18.5 Å². The average molecular weight is 305 g/mol. The van der Waals surface area contributed by atoms with Crippen LogP contribution in [0.25, 0.3) is 0 Å². The van der Waals surface area contributed by atoms with Crippen molar-refractivity contribution in [3.05, 3.63) is 41.4 Å². The molecule has 1 aliphatic heterocycles. The second-order valence-electron chi connectivity index (χ2n) is 4.25. The van der Waals surface area contributed by atoms with Crippen LogP contribution in [0.1, 0.15) is 10.4 Å². The van der Waals surface area contributed by atoms with E-state index in [9.17, 15) is 9.59 Å². The lowest BCUT2D eigenvalue weighted by Crippen LogP contribution is -2.25. The van der Waals surface area contributed by atoms with Crippen molar-refractivity contribution >= 4 is 34.8 Å². The van der Waals surface area contributed by atoms with Crippen LogP contribution >= 0.6 is 11.6 Å². The number of carbonyl (C=O) groups excluding carboxylic acids is 2. The van der Waals surface area contributed by atoms with Gasteiger partial charge < -0.3 is 15.4 Å². The maximum Gasteiger partial charge on any atom is 0.262 e. The molecule has 0 radical (unpaired) electrons. The zero-order valence-corrected chi connectivity index (χ0v) is 11.3. The van der Waals surface area contributed by atoms with Gasteiger partial charge in [-0.1, -0.05) is 11.6 Å². The van der Waals surface area contributed by atoms with Gasteiger partial charge in [0.25, 0.3) is 11.8 Å². The zero-order chi connectivity index (χ0) is 14.8. The molecule has 2 N–H and O–H groups in total. The van der Waals surface area contributed by atoms with Gasteiger partial charge in [-0.3, -0.25) is 9.59 Å². The molecule has 1 aromatic heterocycles. The minimum Gasteiger partial charge on any atom is -0.482 e. The van der Waals surface area contributed by atoms with Gasteiger partial charge in [0.1, 0.15) is 12.1 Å². The van der Waals surface area contributed by atoms with E-state index in [0.29, 0.717) is 22.7 Å². The first-order valence-electron chi connectivity index (χ1n) is 5.96. The Morgan fingerprint density at radius 1 is 1.33 bits per heavy atom. The van der Waals surface area contributed by atoms with Gasteiger partial charge in [0.05, 0.1) is 22.0 Å². The van der Waals surface area contributed by atoms with E-state index in [1.807, 2.05) is 0 Å². The quantitative estimate of drug-likeness (QED) is 0.881. The highest BCUT2D eigenvalue weighted by molar-refractivity contribution is 6.34. The van der Waals surface area contributed by atoms with E-state index >= 15 is 0 Å². The van der Waals surface area contributed by atoms with Gasteiger partial charge in [0.15, 0.2) is 6.61 Å². The number of rotatable bonds is 2. The van der Waals surface area contributed by atoms with Crippen molar-refractivity contribution in [2.75, 3.05) is 17.2 Å². The van der Waals surface area contributed by atoms with E-state index in [1.54, 1.807) is 6.07 Å². The number of hydrogen-bond acceptors (Lipinski definition) is 5. The van der Waals surface area contributed by atoms with E-state index in [-0.39, 0.29) is 17.5 Å². The summed E-state index contributed by atoms with van der Waals surface area (Å²) < 4.78 is 5.27. The van der Waals surface area contributed by atoms with Gasteiger partial charge in [-0.25, -0.2) is 9.97 Å². The van der Waals surface area contributed by atoms with Gasteiger partial charge in [-0.2, -0.15) is 0 Å². The Kier molecular flexibility index (Phi) is 3.41. The molecule has 7 nitrogen and oxygen atoms in total. The molecule has 21 heavy (non-hydrogen) atoms. The summed E-state index contributed by atoms with van der Waals surface area (Å²) in [5, 5.41) is 5.56. The summed E-state index contributed by atoms with van der Waals surface area (Å²) in [6.07, 6.45) is 4.12. The first-order chi connectivity index (χ1) is 10.1. The van der Waals surface area contributed by atoms with E-state index < -0.39 is 5.91 Å². The molecule has 1 aliphatic rings. The maximum absolute atomic E-state index is 12.0. The molecule has 0 saturated heterocycles. The molecule has 0 unspecified atom stereocenters. The summed E-state index contributed by atoms with van der Waals surface area (Å²) in [6, 6.07) is 3.07. The summed E-state index contributed by atoms with van der Waals surface area (Å²) >= 11 is 6.09. The second-order valence-corrected chi connectivity index (χ2v) is 4.65. The normalized spacial score (nSPS) is 12.9. The standard InChI is InChI=1S/C13H9ClN4O3/c14-8-1-10-11(21-5-12(19)17-10)2-9(8)18-13(20)7-3-15-6-16-4-7/h1-4,6H,5H2,(H,17,19)(H,18,20). The van der Waals surface area contributed by atoms with Crippen molar-refractivity contribution in [3.63, 3.8) is 0 Å². The number of nitrogens with zero attached hydrogens (tertiary/aromatic N) is 2. The van der Waals surface area contributed by atoms with Gasteiger partial charge in [0.2, 0.25) is 0 Å². The number of halogens is 1. The largest absolute Gasteiger partial charge is 0.482 e. The van der Waals surface area contributed by atoms with Crippen LogP contribution in [-0.4, -0.2) is 28.4 Å². The summed E-state index contributed by atoms with van der Waals surface area (Å²) in [4.78, 5) is 30.8. The Morgan fingerprint density at radius 2 is 2.10 bits per heavy atom. The third kappa shape index (κ3) is 2.77. The number of anilines is 2. The molecular weight excluding hydrogens is 296 g/mol. The van der Waals surface area contributed by atoms with Crippen molar-refractivity contribution in [2.24, 2.45) is 0 Å². The minimum absolute atomic E-state index is 0.0749. The van der Waals surface area contributed by atoms with Gasteiger partial charge in [-0.15, -0.1) is 0 Å². The van der Waals surface area contributed by atoms with Crippen LogP contribution in [-0.2, 0) is 4.79 Å². The number of carbonyl (C=O) groups is 2. The van der Waals surface area contributed by atoms with Crippen LogP contribution in [0.2, 0.25) is 5.02 Å². The first kappa shape index (κ1) is 13.3. The molecule has 0 aliphatic carbocycles. The van der Waals surface area contributed by atoms with Gasteiger partial charge >= 0.3 is 0 Å². The number of hydrogen-bond donors (Lipinski definition) is 2. The Morgan fingerprint density at radius 3 is 2.86 bits per heavy atom. The smallest absolute Gasteiger partial charge is 0.262 e. The number of benzene rings is 1. The third-order valence-electron chi connectivity index (χ3n) is 2.77. The second kappa shape index (κ2) is 5.37. The molecule has 2 amide bonds. The van der Waals surface area contributed by atoms with E-state index in [4.69, 9.17) is 16.3 Å². The Hall–Kier alpha value is -2.67. The lowest BCUT2D eigenvalue weighted by atomic mass is 10.2. The lowest BCUT2D eigenvalue weighted by Gasteiger charge is -2.19. The lowest BCUT2D eigenvalue weighted by molar-refractivity contribution is -0.118. The molecule has 0 spiro atoms. The molecule has 106 valence electrons. The minimum atomic E-state index is -0.391. The van der Waals surface area contributed by atoms with Crippen molar-refractivity contribution in [1.82, 2.24) is 9.97 Å². The van der Waals surface area contributed by atoms with Crippen LogP contribution in [0, 0.1) is 0 Å².